The highest BCUT2D eigenvalue weighted by Crippen LogP contribution is 2.51. The van der Waals surface area contributed by atoms with E-state index in [1.165, 1.54) is 77.4 Å². The van der Waals surface area contributed by atoms with Gasteiger partial charge in [-0.3, -0.25) is 0 Å². The molecule has 0 bridgehead atoms. The number of thiocarbonyl (C=S) groups is 1. The second kappa shape index (κ2) is 5.33. The van der Waals surface area contributed by atoms with Crippen molar-refractivity contribution in [3.05, 3.63) is 0 Å². The van der Waals surface area contributed by atoms with E-state index in [9.17, 15) is 0 Å². The van der Waals surface area contributed by atoms with Gasteiger partial charge in [0.2, 0.25) is 0 Å². The topological polar surface area (TPSA) is 29.3 Å². The Hall–Kier alpha value is -0.150. The molecule has 3 heteroatoms. The number of nitrogens with two attached hydrogens (primary N) is 1. The third-order valence-electron chi connectivity index (χ3n) is 5.90. The van der Waals surface area contributed by atoms with Crippen LogP contribution in [0.2, 0.25) is 0 Å². The number of piperidine rings is 1. The van der Waals surface area contributed by atoms with E-state index in [1.807, 2.05) is 0 Å². The fraction of sp³-hybridized carbons (Fsp3) is 0.938. The lowest BCUT2D eigenvalue weighted by atomic mass is 9.68. The van der Waals surface area contributed by atoms with Crippen LogP contribution >= 0.6 is 12.2 Å². The van der Waals surface area contributed by atoms with Crippen molar-refractivity contribution in [1.82, 2.24) is 4.90 Å². The van der Waals surface area contributed by atoms with Crippen LogP contribution in [0, 0.1) is 10.8 Å². The average Bonchev–Trinajstić information content (AvgIpc) is 3.12. The molecule has 1 aliphatic heterocycles. The normalized spacial score (nSPS) is 29.3. The lowest BCUT2D eigenvalue weighted by molar-refractivity contribution is 0.0578. The van der Waals surface area contributed by atoms with Gasteiger partial charge in [0.25, 0.3) is 0 Å². The molecule has 0 aromatic heterocycles. The molecule has 2 saturated carbocycles. The van der Waals surface area contributed by atoms with Gasteiger partial charge in [-0.25, -0.2) is 0 Å². The third-order valence-corrected chi connectivity index (χ3v) is 6.04. The van der Waals surface area contributed by atoms with Crippen molar-refractivity contribution >= 4 is 17.2 Å². The zero-order chi connectivity index (χ0) is 13.3. The molecule has 2 aliphatic carbocycles. The SMILES string of the molecule is NC(=S)CC1(CN2CCC3(CCCCC3)CC2)CC1. The van der Waals surface area contributed by atoms with Crippen molar-refractivity contribution in [3.63, 3.8) is 0 Å². The second-order valence-corrected chi connectivity index (χ2v) is 8.00. The minimum Gasteiger partial charge on any atom is -0.393 e. The lowest BCUT2D eigenvalue weighted by Gasteiger charge is -2.45. The minimum atomic E-state index is 0.475. The summed E-state index contributed by atoms with van der Waals surface area (Å²) in [6, 6.07) is 0. The van der Waals surface area contributed by atoms with Gasteiger partial charge in [0.1, 0.15) is 0 Å². The number of hydrogen-bond acceptors (Lipinski definition) is 2. The molecule has 2 nitrogen and oxygen atoms in total. The van der Waals surface area contributed by atoms with Crippen LogP contribution in [0.1, 0.15) is 64.2 Å². The molecule has 2 N–H and O–H groups in total. The largest absolute Gasteiger partial charge is 0.393 e. The number of nitrogens with zero attached hydrogens (tertiary/aromatic N) is 1. The number of hydrogen-bond donors (Lipinski definition) is 1. The molecular weight excluding hydrogens is 252 g/mol. The molecule has 1 spiro atoms. The van der Waals surface area contributed by atoms with Crippen LogP contribution in [0.4, 0.5) is 0 Å². The van der Waals surface area contributed by atoms with Gasteiger partial charge in [0.15, 0.2) is 0 Å². The first-order chi connectivity index (χ1) is 9.12. The first kappa shape index (κ1) is 13.8. The molecule has 3 rings (SSSR count). The fourth-order valence-electron chi connectivity index (χ4n) is 4.40. The first-order valence-electron chi connectivity index (χ1n) is 8.12. The second-order valence-electron chi connectivity index (χ2n) is 7.48. The zero-order valence-corrected chi connectivity index (χ0v) is 12.9. The Balaban J connectivity index is 1.49. The summed E-state index contributed by atoms with van der Waals surface area (Å²) in [7, 11) is 0. The predicted octanol–water partition coefficient (Wildman–Crippen LogP) is 3.49. The van der Waals surface area contributed by atoms with Crippen molar-refractivity contribution in [2.75, 3.05) is 19.6 Å². The molecule has 0 atom stereocenters. The first-order valence-corrected chi connectivity index (χ1v) is 8.53. The molecule has 3 fully saturated rings. The summed E-state index contributed by atoms with van der Waals surface area (Å²) in [5, 5.41) is 0. The van der Waals surface area contributed by atoms with Gasteiger partial charge in [0, 0.05) is 13.0 Å². The summed E-state index contributed by atoms with van der Waals surface area (Å²) in [4.78, 5) is 3.42. The Morgan fingerprint density at radius 1 is 0.947 bits per heavy atom. The highest BCUT2D eigenvalue weighted by molar-refractivity contribution is 7.80. The van der Waals surface area contributed by atoms with Crippen molar-refractivity contribution in [2.45, 2.75) is 64.2 Å². The van der Waals surface area contributed by atoms with Gasteiger partial charge in [0.05, 0.1) is 4.99 Å². The standard InChI is InChI=1S/C16H28N2S/c17-14(19)12-16(6-7-16)13-18-10-8-15(9-11-18)4-2-1-3-5-15/h1-13H2,(H2,17,19). The number of rotatable bonds is 4. The van der Waals surface area contributed by atoms with Crippen LogP contribution < -0.4 is 5.73 Å². The average molecular weight is 280 g/mol. The maximum absolute atomic E-state index is 5.75. The molecule has 0 aromatic carbocycles. The van der Waals surface area contributed by atoms with Gasteiger partial charge < -0.3 is 10.6 Å². The van der Waals surface area contributed by atoms with Crippen molar-refractivity contribution in [1.29, 1.82) is 0 Å². The van der Waals surface area contributed by atoms with Crippen molar-refractivity contribution in [3.8, 4) is 0 Å². The van der Waals surface area contributed by atoms with E-state index in [0.29, 0.717) is 5.41 Å². The van der Waals surface area contributed by atoms with Gasteiger partial charge in [-0.15, -0.1) is 0 Å². The van der Waals surface area contributed by atoms with E-state index in [2.05, 4.69) is 4.90 Å². The maximum Gasteiger partial charge on any atom is 0.0733 e. The van der Waals surface area contributed by atoms with E-state index < -0.39 is 0 Å². The summed E-state index contributed by atoms with van der Waals surface area (Å²) >= 11 is 5.11. The maximum atomic E-state index is 5.75. The van der Waals surface area contributed by atoms with E-state index in [1.54, 1.807) is 0 Å². The molecule has 3 aliphatic rings. The Morgan fingerprint density at radius 2 is 1.58 bits per heavy atom. The van der Waals surface area contributed by atoms with Crippen LogP contribution in [0.5, 0.6) is 0 Å². The monoisotopic (exact) mass is 280 g/mol. The Bertz CT molecular complexity index is 333. The molecule has 0 radical (unpaired) electrons. The zero-order valence-electron chi connectivity index (χ0n) is 12.1. The van der Waals surface area contributed by atoms with Crippen LogP contribution in [0.15, 0.2) is 0 Å². The Morgan fingerprint density at radius 3 is 2.11 bits per heavy atom. The predicted molar refractivity (Wildman–Crippen MR) is 84.3 cm³/mol. The summed E-state index contributed by atoms with van der Waals surface area (Å²) in [6.07, 6.45) is 14.0. The molecule has 0 amide bonds. The highest BCUT2D eigenvalue weighted by Gasteiger charge is 2.45. The Labute approximate surface area is 123 Å². The summed E-state index contributed by atoms with van der Waals surface area (Å²) in [5.74, 6) is 0. The van der Waals surface area contributed by atoms with E-state index >= 15 is 0 Å². The molecule has 19 heavy (non-hydrogen) atoms. The minimum absolute atomic E-state index is 0.475. The van der Waals surface area contributed by atoms with Crippen LogP contribution in [-0.2, 0) is 0 Å². The lowest BCUT2D eigenvalue weighted by Crippen LogP contribution is -2.43. The van der Waals surface area contributed by atoms with Crippen molar-refractivity contribution in [2.24, 2.45) is 16.6 Å². The quantitative estimate of drug-likeness (QED) is 0.799. The van der Waals surface area contributed by atoms with Gasteiger partial charge in [-0.2, -0.15) is 0 Å². The van der Waals surface area contributed by atoms with E-state index in [-0.39, 0.29) is 0 Å². The molecule has 108 valence electrons. The van der Waals surface area contributed by atoms with Crippen LogP contribution in [-0.4, -0.2) is 29.5 Å². The van der Waals surface area contributed by atoms with Crippen molar-refractivity contribution < 1.29 is 0 Å². The smallest absolute Gasteiger partial charge is 0.0733 e. The van der Waals surface area contributed by atoms with E-state index in [0.717, 1.165) is 16.8 Å². The van der Waals surface area contributed by atoms with Gasteiger partial charge in [-0.1, -0.05) is 31.5 Å². The fourth-order valence-corrected chi connectivity index (χ4v) is 4.70. The highest BCUT2D eigenvalue weighted by atomic mass is 32.1. The molecular formula is C16H28N2S. The third kappa shape index (κ3) is 3.30. The number of likely N-dealkylation sites (tertiary alicyclic amines) is 1. The Kier molecular flexibility index (Phi) is 3.87. The summed E-state index contributed by atoms with van der Waals surface area (Å²) in [6.45, 7) is 3.89. The van der Waals surface area contributed by atoms with Crippen LogP contribution in [0.25, 0.3) is 0 Å². The molecule has 0 unspecified atom stereocenters. The molecule has 0 aromatic rings. The molecule has 1 saturated heterocycles. The van der Waals surface area contributed by atoms with E-state index in [4.69, 9.17) is 18.0 Å². The summed E-state index contributed by atoms with van der Waals surface area (Å²) < 4.78 is 0. The summed E-state index contributed by atoms with van der Waals surface area (Å²) in [5.41, 5.74) is 6.95. The van der Waals surface area contributed by atoms with Gasteiger partial charge in [-0.05, 0) is 62.4 Å². The van der Waals surface area contributed by atoms with Crippen LogP contribution in [0.3, 0.4) is 0 Å². The molecule has 1 heterocycles. The van der Waals surface area contributed by atoms with Gasteiger partial charge >= 0.3 is 0 Å².